The fourth-order valence-corrected chi connectivity index (χ4v) is 3.06. The van der Waals surface area contributed by atoms with Gasteiger partial charge in [0, 0.05) is 5.56 Å². The Morgan fingerprint density at radius 1 is 1.44 bits per heavy atom. The van der Waals surface area contributed by atoms with E-state index in [4.69, 9.17) is 16.3 Å². The number of H-pyrrole nitrogens is 1. The van der Waals surface area contributed by atoms with Crippen LogP contribution in [0, 0.1) is 0 Å². The number of nitrogens with one attached hydrogen (secondary N) is 2. The zero-order valence-corrected chi connectivity index (χ0v) is 14.6. The van der Waals surface area contributed by atoms with Gasteiger partial charge in [-0.15, -0.1) is 11.3 Å². The summed E-state index contributed by atoms with van der Waals surface area (Å²) in [5.74, 6) is -0.217. The number of carbonyl (C=O) groups excluding carboxylic acids is 1. The number of halogens is 1. The van der Waals surface area contributed by atoms with E-state index in [0.29, 0.717) is 21.3 Å². The van der Waals surface area contributed by atoms with Crippen molar-refractivity contribution < 1.29 is 14.6 Å². The number of phenols is 1. The molecule has 0 aliphatic carbocycles. The Morgan fingerprint density at radius 3 is 3.00 bits per heavy atom. The summed E-state index contributed by atoms with van der Waals surface area (Å²) in [5, 5.41) is 20.5. The third-order valence-corrected chi connectivity index (χ3v) is 4.53. The highest BCUT2D eigenvalue weighted by molar-refractivity contribution is 7.19. The standard InChI is InChI=1S/C16H13ClN4O3S/c1-24-12-4-2-3-9(15(12)22)8-18-21-16(23)11-7-10(19-20-11)13-5-6-14(17)25-13/h2-8,22H,1H3,(H,19,20)(H,21,23). The zero-order chi connectivity index (χ0) is 17.8. The Kier molecular flexibility index (Phi) is 5.01. The fourth-order valence-electron chi connectivity index (χ4n) is 2.05. The zero-order valence-electron chi connectivity index (χ0n) is 13.0. The van der Waals surface area contributed by atoms with E-state index in [1.807, 2.05) is 6.07 Å². The van der Waals surface area contributed by atoms with Crippen LogP contribution in [0.1, 0.15) is 16.1 Å². The number of carbonyl (C=O) groups is 1. The number of para-hydroxylation sites is 1. The number of thiophene rings is 1. The van der Waals surface area contributed by atoms with Crippen molar-refractivity contribution in [1.82, 2.24) is 15.6 Å². The van der Waals surface area contributed by atoms with Crippen LogP contribution in [0.3, 0.4) is 0 Å². The number of nitrogens with zero attached hydrogens (tertiary/aromatic N) is 2. The van der Waals surface area contributed by atoms with Crippen LogP contribution in [0.15, 0.2) is 41.5 Å². The number of ether oxygens (including phenoxy) is 1. The molecule has 2 heterocycles. The molecule has 128 valence electrons. The lowest BCUT2D eigenvalue weighted by molar-refractivity contribution is 0.0950. The largest absolute Gasteiger partial charge is 0.504 e. The van der Waals surface area contributed by atoms with Gasteiger partial charge in [-0.3, -0.25) is 9.89 Å². The molecule has 0 atom stereocenters. The van der Waals surface area contributed by atoms with Gasteiger partial charge < -0.3 is 9.84 Å². The Labute approximate surface area is 151 Å². The summed E-state index contributed by atoms with van der Waals surface area (Å²) in [4.78, 5) is 13.0. The number of hydrogen-bond acceptors (Lipinski definition) is 6. The fraction of sp³-hybridized carbons (Fsp3) is 0.0625. The minimum absolute atomic E-state index is 0.0559. The number of methoxy groups -OCH3 is 1. The van der Waals surface area contributed by atoms with Crippen LogP contribution in [0.2, 0.25) is 4.34 Å². The first-order valence-electron chi connectivity index (χ1n) is 7.09. The lowest BCUT2D eigenvalue weighted by Gasteiger charge is -2.04. The number of benzene rings is 1. The van der Waals surface area contributed by atoms with Crippen molar-refractivity contribution in [2.24, 2.45) is 5.10 Å². The number of amides is 1. The monoisotopic (exact) mass is 376 g/mol. The predicted octanol–water partition coefficient (Wildman–Crippen LogP) is 3.27. The van der Waals surface area contributed by atoms with Crippen molar-refractivity contribution in [1.29, 1.82) is 0 Å². The van der Waals surface area contributed by atoms with Gasteiger partial charge in [0.15, 0.2) is 17.2 Å². The number of phenolic OH excluding ortho intramolecular Hbond substituents is 1. The van der Waals surface area contributed by atoms with E-state index in [2.05, 4.69) is 20.7 Å². The van der Waals surface area contributed by atoms with Crippen LogP contribution in [-0.2, 0) is 0 Å². The van der Waals surface area contributed by atoms with Gasteiger partial charge in [-0.25, -0.2) is 5.43 Å². The molecule has 0 radical (unpaired) electrons. The SMILES string of the molecule is COc1cccc(C=NNC(=O)c2cc(-c3ccc(Cl)s3)[nH]n2)c1O. The van der Waals surface area contributed by atoms with Gasteiger partial charge in [0.25, 0.3) is 5.91 Å². The maximum absolute atomic E-state index is 12.1. The Balaban J connectivity index is 1.68. The highest BCUT2D eigenvalue weighted by Gasteiger charge is 2.12. The quantitative estimate of drug-likeness (QED) is 0.470. The number of aromatic nitrogens is 2. The number of hydrogen-bond donors (Lipinski definition) is 3. The summed E-state index contributed by atoms with van der Waals surface area (Å²) in [6, 6.07) is 10.2. The van der Waals surface area contributed by atoms with Crippen molar-refractivity contribution >= 4 is 35.1 Å². The van der Waals surface area contributed by atoms with Gasteiger partial charge in [-0.05, 0) is 30.3 Å². The van der Waals surface area contributed by atoms with Gasteiger partial charge in [-0.2, -0.15) is 10.2 Å². The van der Waals surface area contributed by atoms with Crippen LogP contribution in [0.25, 0.3) is 10.6 Å². The van der Waals surface area contributed by atoms with Crippen LogP contribution in [0.5, 0.6) is 11.5 Å². The molecule has 0 saturated heterocycles. The molecule has 0 fully saturated rings. The molecule has 3 N–H and O–H groups in total. The molecule has 1 aromatic carbocycles. The van der Waals surface area contributed by atoms with Crippen molar-refractivity contribution in [2.45, 2.75) is 0 Å². The van der Waals surface area contributed by atoms with Gasteiger partial charge in [0.1, 0.15) is 0 Å². The summed E-state index contributed by atoms with van der Waals surface area (Å²) in [7, 11) is 1.45. The van der Waals surface area contributed by atoms with Crippen molar-refractivity contribution in [3.8, 4) is 22.1 Å². The van der Waals surface area contributed by atoms with E-state index in [1.54, 1.807) is 30.3 Å². The molecule has 25 heavy (non-hydrogen) atoms. The highest BCUT2D eigenvalue weighted by atomic mass is 35.5. The summed E-state index contributed by atoms with van der Waals surface area (Å²) in [6.45, 7) is 0. The second-order valence-corrected chi connectivity index (χ2v) is 6.58. The van der Waals surface area contributed by atoms with E-state index in [-0.39, 0.29) is 11.4 Å². The first-order chi connectivity index (χ1) is 12.1. The first-order valence-corrected chi connectivity index (χ1v) is 8.28. The molecule has 0 unspecified atom stereocenters. The van der Waals surface area contributed by atoms with Crippen molar-refractivity contribution in [3.05, 3.63) is 52.0 Å². The van der Waals surface area contributed by atoms with Crippen molar-refractivity contribution in [3.63, 3.8) is 0 Å². The lowest BCUT2D eigenvalue weighted by atomic mass is 10.2. The molecule has 0 bridgehead atoms. The average Bonchev–Trinajstić information content (AvgIpc) is 3.25. The third-order valence-electron chi connectivity index (χ3n) is 3.27. The lowest BCUT2D eigenvalue weighted by Crippen LogP contribution is -2.18. The van der Waals surface area contributed by atoms with Crippen molar-refractivity contribution in [2.75, 3.05) is 7.11 Å². The minimum Gasteiger partial charge on any atom is -0.504 e. The summed E-state index contributed by atoms with van der Waals surface area (Å²) in [5.41, 5.74) is 3.65. The van der Waals surface area contributed by atoms with Crippen LogP contribution in [0.4, 0.5) is 0 Å². The summed E-state index contributed by atoms with van der Waals surface area (Å²) in [6.07, 6.45) is 1.32. The van der Waals surface area contributed by atoms with Gasteiger partial charge in [-0.1, -0.05) is 17.7 Å². The summed E-state index contributed by atoms with van der Waals surface area (Å²) >= 11 is 7.28. The highest BCUT2D eigenvalue weighted by Crippen LogP contribution is 2.30. The molecule has 3 rings (SSSR count). The van der Waals surface area contributed by atoms with Gasteiger partial charge in [0.05, 0.1) is 28.2 Å². The Morgan fingerprint density at radius 2 is 2.28 bits per heavy atom. The molecule has 0 aliphatic rings. The van der Waals surface area contributed by atoms with E-state index < -0.39 is 5.91 Å². The maximum atomic E-state index is 12.1. The molecular weight excluding hydrogens is 364 g/mol. The molecule has 2 aromatic heterocycles. The van der Waals surface area contributed by atoms with E-state index in [0.717, 1.165) is 4.88 Å². The molecule has 3 aromatic rings. The number of aromatic amines is 1. The number of aromatic hydroxyl groups is 1. The topological polar surface area (TPSA) is 99.6 Å². The normalized spacial score (nSPS) is 11.0. The van der Waals surface area contributed by atoms with Crippen LogP contribution < -0.4 is 10.2 Å². The molecular formula is C16H13ClN4O3S. The third kappa shape index (κ3) is 3.81. The van der Waals surface area contributed by atoms with Crippen LogP contribution >= 0.6 is 22.9 Å². The second kappa shape index (κ2) is 7.37. The predicted molar refractivity (Wildman–Crippen MR) is 96.6 cm³/mol. The number of hydrazone groups is 1. The molecule has 0 saturated carbocycles. The molecule has 0 aliphatic heterocycles. The Hall–Kier alpha value is -2.84. The van der Waals surface area contributed by atoms with E-state index in [9.17, 15) is 9.90 Å². The smallest absolute Gasteiger partial charge is 0.291 e. The second-order valence-electron chi connectivity index (χ2n) is 4.87. The molecule has 1 amide bonds. The van der Waals surface area contributed by atoms with Gasteiger partial charge in [0.2, 0.25) is 0 Å². The van der Waals surface area contributed by atoms with Gasteiger partial charge >= 0.3 is 0 Å². The summed E-state index contributed by atoms with van der Waals surface area (Å²) < 4.78 is 5.66. The first kappa shape index (κ1) is 17.0. The van der Waals surface area contributed by atoms with E-state index >= 15 is 0 Å². The maximum Gasteiger partial charge on any atom is 0.291 e. The van der Waals surface area contributed by atoms with Crippen LogP contribution in [-0.4, -0.2) is 34.5 Å². The molecule has 7 nitrogen and oxygen atoms in total. The number of rotatable bonds is 5. The van der Waals surface area contributed by atoms with E-state index in [1.165, 1.54) is 24.7 Å². The minimum atomic E-state index is -0.483. The average molecular weight is 377 g/mol. The Bertz CT molecular complexity index is 935. The molecule has 9 heteroatoms. The molecule has 0 spiro atoms.